The molecule has 0 spiro atoms. The van der Waals surface area contributed by atoms with Crippen molar-refractivity contribution in [2.45, 2.75) is 6.42 Å². The van der Waals surface area contributed by atoms with E-state index < -0.39 is 5.97 Å². The molecule has 6 rings (SSSR count). The van der Waals surface area contributed by atoms with Gasteiger partial charge >= 0.3 is 5.97 Å². The molecule has 0 unspecified atom stereocenters. The number of benzene rings is 4. The van der Waals surface area contributed by atoms with Crippen molar-refractivity contribution in [1.82, 2.24) is 9.80 Å². The predicted molar refractivity (Wildman–Crippen MR) is 186 cm³/mol. The Bertz CT molecular complexity index is 1800. The van der Waals surface area contributed by atoms with E-state index in [1.165, 1.54) is 11.8 Å². The van der Waals surface area contributed by atoms with Gasteiger partial charge in [0.05, 0.1) is 30.8 Å². The molecule has 4 aromatic rings. The van der Waals surface area contributed by atoms with Crippen LogP contribution in [0.1, 0.15) is 21.5 Å². The Kier molecular flexibility index (Phi) is 9.99. The fourth-order valence-corrected chi connectivity index (χ4v) is 6.80. The molecule has 10 heteroatoms. The van der Waals surface area contributed by atoms with Crippen LogP contribution in [0.2, 0.25) is 0 Å². The van der Waals surface area contributed by atoms with E-state index in [1.54, 1.807) is 36.3 Å². The number of nitrogens with zero attached hydrogens (tertiary/aromatic N) is 2. The highest BCUT2D eigenvalue weighted by Gasteiger charge is 2.32. The molecule has 8 nitrogen and oxygen atoms in total. The van der Waals surface area contributed by atoms with Crippen LogP contribution in [-0.4, -0.2) is 84.2 Å². The topological polar surface area (TPSA) is 88.5 Å². The summed E-state index contributed by atoms with van der Waals surface area (Å²) in [5.41, 5.74) is 4.02. The number of fused-ring (bicyclic) bond motifs is 1. The number of carboxylic acids is 1. The fourth-order valence-electron chi connectivity index (χ4n) is 5.50. The maximum atomic E-state index is 13.6. The van der Waals surface area contributed by atoms with E-state index in [4.69, 9.17) is 31.5 Å². The van der Waals surface area contributed by atoms with E-state index in [-0.39, 0.29) is 11.5 Å². The Balaban J connectivity index is 1.24. The van der Waals surface area contributed by atoms with Gasteiger partial charge in [0.1, 0.15) is 22.4 Å². The number of hydrogen-bond acceptors (Lipinski definition) is 8. The average molecular weight is 655 g/mol. The second-order valence-electron chi connectivity index (χ2n) is 11.1. The van der Waals surface area contributed by atoms with Crippen molar-refractivity contribution in [2.75, 3.05) is 53.1 Å². The zero-order valence-corrected chi connectivity index (χ0v) is 27.1. The van der Waals surface area contributed by atoms with Gasteiger partial charge in [-0.25, -0.2) is 4.79 Å². The lowest BCUT2D eigenvalue weighted by atomic mass is 9.99. The van der Waals surface area contributed by atoms with Crippen molar-refractivity contribution in [2.24, 2.45) is 0 Å². The molecule has 2 aliphatic rings. The molecule has 0 radical (unpaired) electrons. The Labute approximate surface area is 277 Å². The summed E-state index contributed by atoms with van der Waals surface area (Å²) in [7, 11) is 1.66. The molecule has 1 N–H and O–H groups in total. The normalized spacial score (nSPS) is 16.4. The van der Waals surface area contributed by atoms with Crippen LogP contribution in [0.4, 0.5) is 0 Å². The lowest BCUT2D eigenvalue weighted by Crippen LogP contribution is -2.38. The van der Waals surface area contributed by atoms with E-state index in [0.29, 0.717) is 34.5 Å². The van der Waals surface area contributed by atoms with Crippen LogP contribution in [0.25, 0.3) is 28.0 Å². The number of methoxy groups -OCH3 is 1. The summed E-state index contributed by atoms with van der Waals surface area (Å²) in [5.74, 6) is 0.394. The summed E-state index contributed by atoms with van der Waals surface area (Å²) in [5, 5.41) is 11.4. The number of thioether (sulfide) groups is 1. The van der Waals surface area contributed by atoms with E-state index in [1.807, 2.05) is 36.4 Å². The molecular weight excluding hydrogens is 621 g/mol. The average Bonchev–Trinajstić information content (AvgIpc) is 3.35. The third kappa shape index (κ3) is 7.42. The summed E-state index contributed by atoms with van der Waals surface area (Å²) in [4.78, 5) is 29.2. The highest BCUT2D eigenvalue weighted by atomic mass is 32.2. The van der Waals surface area contributed by atoms with Crippen molar-refractivity contribution in [3.05, 3.63) is 100 Å². The third-order valence-corrected chi connectivity index (χ3v) is 9.52. The number of aromatic carboxylic acids is 1. The molecule has 46 heavy (non-hydrogen) atoms. The van der Waals surface area contributed by atoms with Gasteiger partial charge in [-0.1, -0.05) is 60.4 Å². The van der Waals surface area contributed by atoms with Gasteiger partial charge in [-0.2, -0.15) is 0 Å². The summed E-state index contributed by atoms with van der Waals surface area (Å²) < 4.78 is 17.7. The molecule has 236 valence electrons. The Morgan fingerprint density at radius 1 is 0.957 bits per heavy atom. The minimum atomic E-state index is -0.969. The number of carboxylic acid groups (broad SMARTS) is 1. The van der Waals surface area contributed by atoms with E-state index in [9.17, 15) is 9.59 Å². The van der Waals surface area contributed by atoms with Gasteiger partial charge in [-0.05, 0) is 82.4 Å². The maximum Gasteiger partial charge on any atom is 0.335 e. The van der Waals surface area contributed by atoms with Crippen LogP contribution >= 0.6 is 24.0 Å². The molecule has 4 aromatic carbocycles. The zero-order chi connectivity index (χ0) is 32.0. The molecule has 0 bridgehead atoms. The van der Waals surface area contributed by atoms with Crippen LogP contribution in [0.5, 0.6) is 11.5 Å². The van der Waals surface area contributed by atoms with Crippen LogP contribution in [0.15, 0.2) is 83.8 Å². The van der Waals surface area contributed by atoms with Gasteiger partial charge < -0.3 is 19.3 Å². The first-order valence-electron chi connectivity index (χ1n) is 15.1. The largest absolute Gasteiger partial charge is 0.497 e. The Hall–Kier alpha value is -4.22. The third-order valence-electron chi connectivity index (χ3n) is 8.14. The van der Waals surface area contributed by atoms with Gasteiger partial charge in [-0.15, -0.1) is 0 Å². The molecule has 2 heterocycles. The van der Waals surface area contributed by atoms with E-state index >= 15 is 0 Å². The molecule has 1 amide bonds. The number of carbonyl (C=O) groups excluding carboxylic acids is 1. The molecule has 0 aromatic heterocycles. The summed E-state index contributed by atoms with van der Waals surface area (Å²) >= 11 is 6.90. The molecule has 2 aliphatic heterocycles. The van der Waals surface area contributed by atoms with Crippen LogP contribution in [0.3, 0.4) is 0 Å². The summed E-state index contributed by atoms with van der Waals surface area (Å²) in [6.07, 6.45) is 2.43. The first-order chi connectivity index (χ1) is 22.4. The van der Waals surface area contributed by atoms with Crippen molar-refractivity contribution < 1.29 is 28.9 Å². The Morgan fingerprint density at radius 3 is 2.43 bits per heavy atom. The molecule has 2 saturated heterocycles. The Morgan fingerprint density at radius 2 is 1.67 bits per heavy atom. The van der Waals surface area contributed by atoms with E-state index in [0.717, 1.165) is 71.6 Å². The van der Waals surface area contributed by atoms with Gasteiger partial charge in [0.25, 0.3) is 5.91 Å². The van der Waals surface area contributed by atoms with Gasteiger partial charge in [-0.3, -0.25) is 14.6 Å². The molecule has 2 fully saturated rings. The molecule has 0 atom stereocenters. The van der Waals surface area contributed by atoms with Gasteiger partial charge in [0.2, 0.25) is 0 Å². The summed E-state index contributed by atoms with van der Waals surface area (Å²) in [6, 6.07) is 25.1. The maximum absolute atomic E-state index is 13.6. The smallest absolute Gasteiger partial charge is 0.335 e. The highest BCUT2D eigenvalue weighted by molar-refractivity contribution is 8.26. The van der Waals surface area contributed by atoms with Crippen LogP contribution in [-0.2, 0) is 16.0 Å². The number of thiocarbonyl (C=S) groups is 1. The predicted octanol–water partition coefficient (Wildman–Crippen LogP) is 6.37. The first kappa shape index (κ1) is 31.7. The second kappa shape index (κ2) is 14.5. The first-order valence-corrected chi connectivity index (χ1v) is 16.3. The van der Waals surface area contributed by atoms with E-state index in [2.05, 4.69) is 29.2 Å². The number of hydrogen-bond donors (Lipinski definition) is 1. The summed E-state index contributed by atoms with van der Waals surface area (Å²) in [6.45, 7) is 4.93. The molecule has 0 aliphatic carbocycles. The fraction of sp³-hybridized carbons (Fsp3) is 0.250. The molecular formula is C36H34N2O6S2. The molecule has 0 saturated carbocycles. The number of amides is 1. The van der Waals surface area contributed by atoms with Crippen LogP contribution < -0.4 is 9.47 Å². The van der Waals surface area contributed by atoms with Gasteiger partial charge in [0, 0.05) is 31.7 Å². The zero-order valence-electron chi connectivity index (χ0n) is 25.4. The van der Waals surface area contributed by atoms with Crippen molar-refractivity contribution in [3.8, 4) is 22.6 Å². The standard InChI is InChI=1S/C36H34N2O6S2/c1-42-31-10-8-27-20-26(6-7-29(27)22-31)28-9-11-32(44-19-16-37-14-17-43-18-15-37)30(21-28)23-33-34(39)38(36(45)46-33)13-12-24-2-4-25(5-3-24)35(40)41/h2-11,20-23H,12-19H2,1H3,(H,40,41). The second-order valence-corrected chi connectivity index (χ2v) is 12.7. The number of rotatable bonds is 11. The van der Waals surface area contributed by atoms with Gasteiger partial charge in [0.15, 0.2) is 0 Å². The number of morpholine rings is 1. The lowest BCUT2D eigenvalue weighted by Gasteiger charge is -2.26. The number of carbonyl (C=O) groups is 2. The minimum absolute atomic E-state index is 0.151. The van der Waals surface area contributed by atoms with Crippen molar-refractivity contribution in [3.63, 3.8) is 0 Å². The highest BCUT2D eigenvalue weighted by Crippen LogP contribution is 2.36. The number of ether oxygens (including phenoxy) is 3. The quantitative estimate of drug-likeness (QED) is 0.146. The van der Waals surface area contributed by atoms with Crippen molar-refractivity contribution in [1.29, 1.82) is 0 Å². The monoisotopic (exact) mass is 654 g/mol. The van der Waals surface area contributed by atoms with Crippen molar-refractivity contribution >= 4 is 57.0 Å². The minimum Gasteiger partial charge on any atom is -0.497 e. The lowest BCUT2D eigenvalue weighted by molar-refractivity contribution is -0.122. The SMILES string of the molecule is COc1ccc2cc(-c3ccc(OCCN4CCOCC4)c(C=C4SC(=S)N(CCc5ccc(C(=O)O)cc5)C4=O)c3)ccc2c1. The van der Waals surface area contributed by atoms with Crippen LogP contribution in [0, 0.1) is 0 Å².